The molecule has 5 rings (SSSR count). The van der Waals surface area contributed by atoms with E-state index >= 15 is 0 Å². The molecule has 0 radical (unpaired) electrons. The Morgan fingerprint density at radius 2 is 1.70 bits per heavy atom. The lowest BCUT2D eigenvalue weighted by molar-refractivity contribution is -0.0191. The van der Waals surface area contributed by atoms with E-state index in [-0.39, 0.29) is 12.3 Å². The van der Waals surface area contributed by atoms with Gasteiger partial charge >= 0.3 is 0 Å². The van der Waals surface area contributed by atoms with Crippen molar-refractivity contribution in [2.24, 2.45) is 5.10 Å². The van der Waals surface area contributed by atoms with Crippen molar-refractivity contribution in [3.8, 4) is 17.2 Å². The van der Waals surface area contributed by atoms with Crippen LogP contribution in [0.1, 0.15) is 40.9 Å². The molecule has 3 aromatic rings. The van der Waals surface area contributed by atoms with Crippen LogP contribution in [0.3, 0.4) is 0 Å². The summed E-state index contributed by atoms with van der Waals surface area (Å²) in [6.07, 6.45) is 0.500. The highest BCUT2D eigenvalue weighted by Gasteiger charge is 2.41. The third-order valence-electron chi connectivity index (χ3n) is 5.78. The standard InChI is InChI=1S/C25H24N2O3/c1-16-8-10-17(11-9-16)20-15-21-19-6-4-5-7-22(19)30-25(27(21)26-20)18-12-13-23(28-2)24(14-18)29-3/h4-14,21,25H,15H2,1-3H3/t21-,25-/m0/s1. The molecule has 0 saturated heterocycles. The molecular formula is C25H24N2O3. The first-order valence-electron chi connectivity index (χ1n) is 10.1. The van der Waals surface area contributed by atoms with Gasteiger partial charge in [0.05, 0.1) is 26.0 Å². The van der Waals surface area contributed by atoms with Gasteiger partial charge in [0.25, 0.3) is 0 Å². The summed E-state index contributed by atoms with van der Waals surface area (Å²) in [5, 5.41) is 7.10. The van der Waals surface area contributed by atoms with Gasteiger partial charge in [-0.2, -0.15) is 5.10 Å². The average Bonchev–Trinajstić information content (AvgIpc) is 3.24. The molecule has 152 valence electrons. The minimum Gasteiger partial charge on any atom is -0.493 e. The van der Waals surface area contributed by atoms with Crippen molar-refractivity contribution in [2.45, 2.75) is 25.6 Å². The van der Waals surface area contributed by atoms with Gasteiger partial charge in [-0.3, -0.25) is 0 Å². The van der Waals surface area contributed by atoms with Crippen molar-refractivity contribution in [3.05, 3.63) is 89.0 Å². The Balaban J connectivity index is 1.58. The summed E-state index contributed by atoms with van der Waals surface area (Å²) in [7, 11) is 3.28. The first kappa shape index (κ1) is 18.6. The number of hydrogen-bond acceptors (Lipinski definition) is 5. The Kier molecular flexibility index (Phi) is 4.58. The summed E-state index contributed by atoms with van der Waals surface area (Å²) in [6.45, 7) is 2.10. The molecule has 0 bridgehead atoms. The molecule has 3 aromatic carbocycles. The molecular weight excluding hydrogens is 376 g/mol. The van der Waals surface area contributed by atoms with E-state index in [4.69, 9.17) is 19.3 Å². The van der Waals surface area contributed by atoms with E-state index in [0.717, 1.165) is 29.0 Å². The number of methoxy groups -OCH3 is 2. The number of aryl methyl sites for hydroxylation is 1. The molecule has 5 heteroatoms. The van der Waals surface area contributed by atoms with E-state index in [2.05, 4.69) is 48.3 Å². The predicted octanol–water partition coefficient (Wildman–Crippen LogP) is 5.25. The van der Waals surface area contributed by atoms with Gasteiger partial charge < -0.3 is 14.2 Å². The van der Waals surface area contributed by atoms with Gasteiger partial charge in [0, 0.05) is 17.5 Å². The summed E-state index contributed by atoms with van der Waals surface area (Å²) in [5.41, 5.74) is 5.61. The molecule has 0 aromatic heterocycles. The third kappa shape index (κ3) is 3.07. The molecule has 30 heavy (non-hydrogen) atoms. The highest BCUT2D eigenvalue weighted by Crippen LogP contribution is 2.48. The molecule has 5 nitrogen and oxygen atoms in total. The second-order valence-corrected chi connectivity index (χ2v) is 7.64. The van der Waals surface area contributed by atoms with Crippen molar-refractivity contribution in [2.75, 3.05) is 14.2 Å². The molecule has 0 N–H and O–H groups in total. The zero-order valence-electron chi connectivity index (χ0n) is 17.3. The molecule has 0 amide bonds. The van der Waals surface area contributed by atoms with E-state index in [1.54, 1.807) is 14.2 Å². The number of ether oxygens (including phenoxy) is 3. The van der Waals surface area contributed by atoms with E-state index in [1.807, 2.05) is 30.3 Å². The molecule has 2 aliphatic heterocycles. The Hall–Kier alpha value is -3.47. The molecule has 0 spiro atoms. The van der Waals surface area contributed by atoms with Crippen LogP contribution >= 0.6 is 0 Å². The van der Waals surface area contributed by atoms with Gasteiger partial charge in [-0.1, -0.05) is 48.0 Å². The fourth-order valence-corrected chi connectivity index (χ4v) is 4.18. The topological polar surface area (TPSA) is 43.3 Å². The maximum absolute atomic E-state index is 6.43. The van der Waals surface area contributed by atoms with Crippen LogP contribution in [-0.2, 0) is 0 Å². The molecule has 0 aliphatic carbocycles. The van der Waals surface area contributed by atoms with Crippen LogP contribution in [0, 0.1) is 6.92 Å². The van der Waals surface area contributed by atoms with Crippen molar-refractivity contribution in [1.29, 1.82) is 0 Å². The molecule has 0 unspecified atom stereocenters. The SMILES string of the molecule is COc1ccc([C@@H]2Oc3ccccc3[C@@H]3CC(c4ccc(C)cc4)=NN32)cc1OC. The van der Waals surface area contributed by atoms with Crippen LogP contribution in [-0.4, -0.2) is 24.9 Å². The average molecular weight is 400 g/mol. The largest absolute Gasteiger partial charge is 0.493 e. The van der Waals surface area contributed by atoms with Crippen molar-refractivity contribution in [1.82, 2.24) is 5.01 Å². The summed E-state index contributed by atoms with van der Waals surface area (Å²) < 4.78 is 17.3. The number of hydrogen-bond donors (Lipinski definition) is 0. The van der Waals surface area contributed by atoms with Crippen molar-refractivity contribution >= 4 is 5.71 Å². The van der Waals surface area contributed by atoms with Crippen LogP contribution < -0.4 is 14.2 Å². The van der Waals surface area contributed by atoms with Crippen LogP contribution in [0.2, 0.25) is 0 Å². The zero-order chi connectivity index (χ0) is 20.7. The molecule has 0 fully saturated rings. The Bertz CT molecular complexity index is 1110. The normalized spacial score (nSPS) is 19.4. The quantitative estimate of drug-likeness (QED) is 0.600. The van der Waals surface area contributed by atoms with Crippen LogP contribution in [0.25, 0.3) is 0 Å². The summed E-state index contributed by atoms with van der Waals surface area (Å²) in [6, 6.07) is 22.8. The number of rotatable bonds is 4. The zero-order valence-corrected chi connectivity index (χ0v) is 17.3. The fourth-order valence-electron chi connectivity index (χ4n) is 4.18. The van der Waals surface area contributed by atoms with Gasteiger partial charge in [-0.15, -0.1) is 0 Å². The van der Waals surface area contributed by atoms with Gasteiger partial charge in [0.2, 0.25) is 6.23 Å². The van der Waals surface area contributed by atoms with Crippen molar-refractivity contribution < 1.29 is 14.2 Å². The van der Waals surface area contributed by atoms with Gasteiger partial charge in [-0.05, 0) is 36.8 Å². The maximum atomic E-state index is 6.43. The Morgan fingerprint density at radius 1 is 0.933 bits per heavy atom. The van der Waals surface area contributed by atoms with Gasteiger partial charge in [0.15, 0.2) is 11.5 Å². The van der Waals surface area contributed by atoms with Gasteiger partial charge in [-0.25, -0.2) is 5.01 Å². The van der Waals surface area contributed by atoms with Crippen molar-refractivity contribution in [3.63, 3.8) is 0 Å². The van der Waals surface area contributed by atoms with Crippen LogP contribution in [0.15, 0.2) is 71.8 Å². The molecule has 2 aliphatic rings. The van der Waals surface area contributed by atoms with Crippen LogP contribution in [0.4, 0.5) is 0 Å². The monoisotopic (exact) mass is 400 g/mol. The number of fused-ring (bicyclic) bond motifs is 3. The highest BCUT2D eigenvalue weighted by molar-refractivity contribution is 6.02. The molecule has 0 saturated carbocycles. The van der Waals surface area contributed by atoms with E-state index < -0.39 is 0 Å². The minimum atomic E-state index is -0.340. The van der Waals surface area contributed by atoms with E-state index in [1.165, 1.54) is 11.1 Å². The second-order valence-electron chi connectivity index (χ2n) is 7.64. The minimum absolute atomic E-state index is 0.129. The lowest BCUT2D eigenvalue weighted by Gasteiger charge is -2.38. The Labute approximate surface area is 176 Å². The summed E-state index contributed by atoms with van der Waals surface area (Å²) >= 11 is 0. The third-order valence-corrected chi connectivity index (χ3v) is 5.78. The number of hydrazone groups is 1. The lowest BCUT2D eigenvalue weighted by atomic mass is 9.95. The number of benzene rings is 3. The summed E-state index contributed by atoms with van der Waals surface area (Å²) in [4.78, 5) is 0. The first-order valence-corrected chi connectivity index (χ1v) is 10.1. The van der Waals surface area contributed by atoms with Crippen LogP contribution in [0.5, 0.6) is 17.2 Å². The number of nitrogens with zero attached hydrogens (tertiary/aromatic N) is 2. The van der Waals surface area contributed by atoms with Gasteiger partial charge in [0.1, 0.15) is 5.75 Å². The Morgan fingerprint density at radius 3 is 2.47 bits per heavy atom. The smallest absolute Gasteiger partial charge is 0.214 e. The fraction of sp³-hybridized carbons (Fsp3) is 0.240. The van der Waals surface area contributed by atoms with E-state index in [9.17, 15) is 0 Å². The maximum Gasteiger partial charge on any atom is 0.214 e. The predicted molar refractivity (Wildman–Crippen MR) is 116 cm³/mol. The number of para-hydroxylation sites is 1. The highest BCUT2D eigenvalue weighted by atomic mass is 16.5. The van der Waals surface area contributed by atoms with E-state index in [0.29, 0.717) is 11.5 Å². The molecule has 2 atom stereocenters. The second kappa shape index (κ2) is 7.41. The molecule has 2 heterocycles. The summed E-state index contributed by atoms with van der Waals surface area (Å²) in [5.74, 6) is 2.27. The first-order chi connectivity index (χ1) is 14.7. The lowest BCUT2D eigenvalue weighted by Crippen LogP contribution is -2.33.